The first kappa shape index (κ1) is 40.1. The summed E-state index contributed by atoms with van der Waals surface area (Å²) in [6.07, 6.45) is 0. The summed E-state index contributed by atoms with van der Waals surface area (Å²) in [7, 11) is 0. The van der Waals surface area contributed by atoms with Crippen LogP contribution in [-0.2, 0) is 0 Å². The summed E-state index contributed by atoms with van der Waals surface area (Å²) in [6.45, 7) is 0. The van der Waals surface area contributed by atoms with Crippen LogP contribution in [0.3, 0.4) is 0 Å². The van der Waals surface area contributed by atoms with E-state index < -0.39 is 0 Å². The van der Waals surface area contributed by atoms with Crippen LogP contribution in [0.1, 0.15) is 0 Å². The molecule has 11 aromatic carbocycles. The normalized spacial score (nSPS) is 11.5. The zero-order valence-electron chi connectivity index (χ0n) is 37.8. The fourth-order valence-corrected chi connectivity index (χ4v) is 10.4. The second-order valence-corrected chi connectivity index (χ2v) is 17.8. The number of hydrogen-bond acceptors (Lipinski definition) is 1. The van der Waals surface area contributed by atoms with Crippen molar-refractivity contribution in [3.63, 3.8) is 0 Å². The lowest BCUT2D eigenvalue weighted by molar-refractivity contribution is 1.17. The number of aromatic nitrogens is 2. The van der Waals surface area contributed by atoms with Gasteiger partial charge in [0.05, 0.1) is 22.1 Å². The van der Waals surface area contributed by atoms with Crippen LogP contribution < -0.4 is 4.90 Å². The maximum Gasteiger partial charge on any atom is 0.0541 e. The van der Waals surface area contributed by atoms with Crippen LogP contribution in [0, 0.1) is 0 Å². The predicted octanol–water partition coefficient (Wildman–Crippen LogP) is 18.0. The highest BCUT2D eigenvalue weighted by Gasteiger charge is 2.18. The molecule has 0 saturated carbocycles. The number of benzene rings is 11. The fourth-order valence-electron chi connectivity index (χ4n) is 10.4. The van der Waals surface area contributed by atoms with Gasteiger partial charge in [-0.2, -0.15) is 0 Å². The molecule has 3 nitrogen and oxygen atoms in total. The highest BCUT2D eigenvalue weighted by Crippen LogP contribution is 2.40. The number of rotatable bonds is 9. The molecule has 0 amide bonds. The molecule has 2 aromatic heterocycles. The Balaban J connectivity index is 0.835. The summed E-state index contributed by atoms with van der Waals surface area (Å²) in [6, 6.07) is 99.0. The first-order valence-corrected chi connectivity index (χ1v) is 23.7. The Labute approximate surface area is 401 Å². The quantitative estimate of drug-likeness (QED) is 0.141. The van der Waals surface area contributed by atoms with Crippen molar-refractivity contribution in [2.75, 3.05) is 4.90 Å². The van der Waals surface area contributed by atoms with Crippen molar-refractivity contribution in [1.29, 1.82) is 0 Å². The van der Waals surface area contributed by atoms with E-state index in [2.05, 4.69) is 287 Å². The summed E-state index contributed by atoms with van der Waals surface area (Å²) in [4.78, 5) is 2.35. The van der Waals surface area contributed by atoms with Crippen LogP contribution in [0.2, 0.25) is 0 Å². The minimum atomic E-state index is 1.09. The van der Waals surface area contributed by atoms with Crippen molar-refractivity contribution < 1.29 is 0 Å². The number of anilines is 3. The average Bonchev–Trinajstić information content (AvgIpc) is 3.94. The van der Waals surface area contributed by atoms with Gasteiger partial charge in [0, 0.05) is 50.0 Å². The van der Waals surface area contributed by atoms with Gasteiger partial charge in [-0.05, 0) is 142 Å². The van der Waals surface area contributed by atoms with Gasteiger partial charge in [0.15, 0.2) is 0 Å². The van der Waals surface area contributed by atoms with E-state index in [0.717, 1.165) is 22.7 Å². The van der Waals surface area contributed by atoms with E-state index in [9.17, 15) is 0 Å². The number of para-hydroxylation sites is 3. The molecule has 0 N–H and O–H groups in total. The molecule has 2 heterocycles. The van der Waals surface area contributed by atoms with Crippen LogP contribution in [0.4, 0.5) is 17.1 Å². The SMILES string of the molecule is c1ccc(-c2ccc(N(c3ccc(-c4ccccc4)cc3)c3ccc(-n4c5ccccc5c5cc(-c6ccc(-c7ccc8c(c7)c7ccccc7n8-c7ccccc7)cc6)ccc54)cc3)cc2)cc1. The van der Waals surface area contributed by atoms with Gasteiger partial charge in [0.2, 0.25) is 0 Å². The highest BCUT2D eigenvalue weighted by molar-refractivity contribution is 6.11. The summed E-state index contributed by atoms with van der Waals surface area (Å²) in [5.41, 5.74) is 19.9. The molecule has 0 aliphatic rings. The third-order valence-corrected chi connectivity index (χ3v) is 13.7. The van der Waals surface area contributed by atoms with E-state index in [0.29, 0.717) is 0 Å². The standard InChI is InChI=1S/C66H45N3/c1-4-14-46(15-5-1)48-28-34-55(35-29-48)67(56-36-30-49(31-37-56)47-16-6-2-7-17-47)57-38-40-58(41-39-57)69-64-23-13-11-21-60(64)62-45-53(33-43-66(62)69)51-26-24-50(25-27-51)52-32-42-65-61(44-52)59-20-10-12-22-63(59)68(65)54-18-8-3-9-19-54/h1-45H. The zero-order valence-corrected chi connectivity index (χ0v) is 37.8. The van der Waals surface area contributed by atoms with E-state index in [1.807, 2.05) is 0 Å². The Hall–Kier alpha value is -9.18. The van der Waals surface area contributed by atoms with E-state index in [1.165, 1.54) is 93.8 Å². The first-order valence-electron chi connectivity index (χ1n) is 23.7. The van der Waals surface area contributed by atoms with E-state index in [4.69, 9.17) is 0 Å². The Morgan fingerprint density at radius 1 is 0.203 bits per heavy atom. The van der Waals surface area contributed by atoms with Crippen LogP contribution in [0.15, 0.2) is 273 Å². The van der Waals surface area contributed by atoms with Gasteiger partial charge >= 0.3 is 0 Å². The maximum atomic E-state index is 2.40. The van der Waals surface area contributed by atoms with Crippen LogP contribution >= 0.6 is 0 Å². The molecular formula is C66H45N3. The largest absolute Gasteiger partial charge is 0.311 e. The molecule has 324 valence electrons. The Kier molecular flexibility index (Phi) is 9.84. The lowest BCUT2D eigenvalue weighted by atomic mass is 9.98. The Morgan fingerprint density at radius 3 is 0.928 bits per heavy atom. The van der Waals surface area contributed by atoms with Crippen molar-refractivity contribution in [3.05, 3.63) is 273 Å². The average molecular weight is 880 g/mol. The summed E-state index contributed by atoms with van der Waals surface area (Å²) in [5.74, 6) is 0. The third kappa shape index (κ3) is 7.16. The molecule has 0 bridgehead atoms. The molecule has 3 heteroatoms. The summed E-state index contributed by atoms with van der Waals surface area (Å²) in [5, 5.41) is 4.98. The van der Waals surface area contributed by atoms with E-state index >= 15 is 0 Å². The molecular weight excluding hydrogens is 835 g/mol. The van der Waals surface area contributed by atoms with Gasteiger partial charge in [0.25, 0.3) is 0 Å². The van der Waals surface area contributed by atoms with Crippen molar-refractivity contribution in [2.24, 2.45) is 0 Å². The van der Waals surface area contributed by atoms with Crippen LogP contribution in [-0.4, -0.2) is 9.13 Å². The van der Waals surface area contributed by atoms with Gasteiger partial charge < -0.3 is 14.0 Å². The minimum absolute atomic E-state index is 1.09. The number of hydrogen-bond donors (Lipinski definition) is 0. The smallest absolute Gasteiger partial charge is 0.0541 e. The maximum absolute atomic E-state index is 2.40. The van der Waals surface area contributed by atoms with Crippen molar-refractivity contribution >= 4 is 60.7 Å². The van der Waals surface area contributed by atoms with Gasteiger partial charge in [-0.25, -0.2) is 0 Å². The molecule has 0 aliphatic heterocycles. The fraction of sp³-hybridized carbons (Fsp3) is 0. The van der Waals surface area contributed by atoms with Crippen LogP contribution in [0.25, 0.3) is 99.5 Å². The van der Waals surface area contributed by atoms with Gasteiger partial charge in [-0.1, -0.05) is 176 Å². The highest BCUT2D eigenvalue weighted by atomic mass is 15.1. The molecule has 0 radical (unpaired) electrons. The Morgan fingerprint density at radius 2 is 0.493 bits per heavy atom. The molecule has 0 fully saturated rings. The molecule has 0 atom stereocenters. The molecule has 0 spiro atoms. The van der Waals surface area contributed by atoms with Crippen LogP contribution in [0.5, 0.6) is 0 Å². The molecule has 0 saturated heterocycles. The lowest BCUT2D eigenvalue weighted by Crippen LogP contribution is -2.10. The predicted molar refractivity (Wildman–Crippen MR) is 292 cm³/mol. The molecule has 0 aliphatic carbocycles. The van der Waals surface area contributed by atoms with E-state index in [1.54, 1.807) is 0 Å². The lowest BCUT2D eigenvalue weighted by Gasteiger charge is -2.26. The van der Waals surface area contributed by atoms with Crippen molar-refractivity contribution in [2.45, 2.75) is 0 Å². The number of fused-ring (bicyclic) bond motifs is 6. The summed E-state index contributed by atoms with van der Waals surface area (Å²) < 4.78 is 4.77. The Bertz CT molecular complexity index is 3860. The second kappa shape index (κ2) is 16.9. The van der Waals surface area contributed by atoms with Crippen molar-refractivity contribution in [3.8, 4) is 55.9 Å². The number of nitrogens with zero attached hydrogens (tertiary/aromatic N) is 3. The van der Waals surface area contributed by atoms with Gasteiger partial charge in [0.1, 0.15) is 0 Å². The second-order valence-electron chi connectivity index (χ2n) is 17.8. The monoisotopic (exact) mass is 879 g/mol. The zero-order chi connectivity index (χ0) is 45.7. The van der Waals surface area contributed by atoms with Gasteiger partial charge in [-0.3, -0.25) is 0 Å². The molecule has 13 rings (SSSR count). The molecule has 13 aromatic rings. The van der Waals surface area contributed by atoms with E-state index in [-0.39, 0.29) is 0 Å². The molecule has 0 unspecified atom stereocenters. The minimum Gasteiger partial charge on any atom is -0.311 e. The first-order chi connectivity index (χ1) is 34.2. The summed E-state index contributed by atoms with van der Waals surface area (Å²) >= 11 is 0. The van der Waals surface area contributed by atoms with Gasteiger partial charge in [-0.15, -0.1) is 0 Å². The van der Waals surface area contributed by atoms with Crippen molar-refractivity contribution in [1.82, 2.24) is 9.13 Å². The topological polar surface area (TPSA) is 13.1 Å². The molecule has 69 heavy (non-hydrogen) atoms. The third-order valence-electron chi connectivity index (χ3n) is 13.7.